The van der Waals surface area contributed by atoms with Gasteiger partial charge in [-0.15, -0.1) is 0 Å². The predicted octanol–water partition coefficient (Wildman–Crippen LogP) is -0.525. The van der Waals surface area contributed by atoms with Gasteiger partial charge in [-0.2, -0.15) is 0 Å². The molecule has 0 aromatic heterocycles. The van der Waals surface area contributed by atoms with Crippen molar-refractivity contribution in [2.45, 2.75) is 0 Å². The summed E-state index contributed by atoms with van der Waals surface area (Å²) in [4.78, 5) is 10.1. The molecule has 0 saturated carbocycles. The van der Waals surface area contributed by atoms with E-state index >= 15 is 0 Å². The molecule has 1 rings (SSSR count). The third kappa shape index (κ3) is 3.27. The minimum atomic E-state index is -1.17. The first kappa shape index (κ1) is 9.76. The van der Waals surface area contributed by atoms with E-state index in [-0.39, 0.29) is 0 Å². The zero-order valence-electron chi connectivity index (χ0n) is 6.88. The highest BCUT2D eigenvalue weighted by molar-refractivity contribution is 6.60. The average Bonchev–Trinajstić information content (AvgIpc) is 2.15. The largest absolute Gasteiger partial charge is 0.491 e. The summed E-state index contributed by atoms with van der Waals surface area (Å²) in [5, 5.41) is 17.6. The molecular weight excluding hydrogens is 171 g/mol. The Morgan fingerprint density at radius 3 is 2.54 bits per heavy atom. The van der Waals surface area contributed by atoms with Crippen molar-refractivity contribution >= 4 is 18.6 Å². The molecule has 2 N–H and O–H groups in total. The maximum absolute atomic E-state index is 10.1. The van der Waals surface area contributed by atoms with Gasteiger partial charge in [0.15, 0.2) is 0 Å². The van der Waals surface area contributed by atoms with Gasteiger partial charge in [0.05, 0.1) is 0 Å². The number of carboxylic acids is 1. The Bertz CT molecular complexity index is 275. The van der Waals surface area contributed by atoms with Crippen molar-refractivity contribution in [3.63, 3.8) is 0 Å². The number of benzene rings is 1. The molecule has 0 atom stereocenters. The van der Waals surface area contributed by atoms with Crippen LogP contribution in [0.2, 0.25) is 0 Å². The molecule has 0 saturated heterocycles. The minimum Gasteiger partial charge on any atom is -0.480 e. The van der Waals surface area contributed by atoms with Gasteiger partial charge < -0.3 is 14.8 Å². The van der Waals surface area contributed by atoms with Gasteiger partial charge in [0.2, 0.25) is 0 Å². The van der Waals surface area contributed by atoms with Gasteiger partial charge in [-0.05, 0) is 5.46 Å². The number of carboxylic acid groups (broad SMARTS) is 1. The summed E-state index contributed by atoms with van der Waals surface area (Å²) in [6.45, 7) is -0.504. The smallest absolute Gasteiger partial charge is 0.480 e. The van der Waals surface area contributed by atoms with Gasteiger partial charge in [0.1, 0.15) is 6.61 Å². The zero-order chi connectivity index (χ0) is 9.68. The van der Waals surface area contributed by atoms with E-state index in [0.717, 1.165) is 0 Å². The fourth-order valence-corrected chi connectivity index (χ4v) is 0.864. The van der Waals surface area contributed by atoms with Crippen molar-refractivity contribution < 1.29 is 19.6 Å². The molecule has 68 valence electrons. The highest BCUT2D eigenvalue weighted by atomic mass is 16.5. The van der Waals surface area contributed by atoms with E-state index < -0.39 is 19.7 Å². The summed E-state index contributed by atoms with van der Waals surface area (Å²) >= 11 is 0. The highest BCUT2D eigenvalue weighted by Crippen LogP contribution is 1.87. The van der Waals surface area contributed by atoms with E-state index in [0.29, 0.717) is 5.46 Å². The molecule has 0 aliphatic rings. The van der Waals surface area contributed by atoms with Crippen molar-refractivity contribution in [1.82, 2.24) is 0 Å². The van der Waals surface area contributed by atoms with Crippen molar-refractivity contribution in [2.75, 3.05) is 6.61 Å². The molecule has 13 heavy (non-hydrogen) atoms. The van der Waals surface area contributed by atoms with E-state index in [4.69, 9.17) is 5.11 Å². The van der Waals surface area contributed by atoms with Crippen LogP contribution in [0, 0.1) is 0 Å². The molecule has 1 aromatic rings. The van der Waals surface area contributed by atoms with Crippen LogP contribution in [0.15, 0.2) is 30.3 Å². The SMILES string of the molecule is O=C(O)COB(O)c1ccccc1. The second-order valence-electron chi connectivity index (χ2n) is 2.47. The Kier molecular flexibility index (Phi) is 3.48. The molecule has 1 aromatic carbocycles. The first-order chi connectivity index (χ1) is 6.20. The summed E-state index contributed by atoms with van der Waals surface area (Å²) in [7, 11) is -1.17. The molecule has 0 spiro atoms. The molecule has 0 amide bonds. The van der Waals surface area contributed by atoms with Crippen LogP contribution in [0.1, 0.15) is 0 Å². The fraction of sp³-hybridized carbons (Fsp3) is 0.125. The van der Waals surface area contributed by atoms with Crippen LogP contribution in [0.3, 0.4) is 0 Å². The van der Waals surface area contributed by atoms with Crippen molar-refractivity contribution in [3.8, 4) is 0 Å². The van der Waals surface area contributed by atoms with Gasteiger partial charge >= 0.3 is 13.1 Å². The molecular formula is C8H9BO4. The van der Waals surface area contributed by atoms with Crippen LogP contribution in [-0.2, 0) is 9.45 Å². The number of aliphatic carboxylic acids is 1. The van der Waals surface area contributed by atoms with Crippen LogP contribution in [0.4, 0.5) is 0 Å². The molecule has 0 radical (unpaired) electrons. The summed E-state index contributed by atoms with van der Waals surface area (Å²) in [6, 6.07) is 8.60. The average molecular weight is 180 g/mol. The lowest BCUT2D eigenvalue weighted by Crippen LogP contribution is -2.35. The molecule has 5 heteroatoms. The van der Waals surface area contributed by atoms with E-state index in [9.17, 15) is 9.82 Å². The summed E-state index contributed by atoms with van der Waals surface area (Å²) < 4.78 is 4.65. The van der Waals surface area contributed by atoms with Crippen LogP contribution in [0.25, 0.3) is 0 Å². The Morgan fingerprint density at radius 2 is 2.00 bits per heavy atom. The van der Waals surface area contributed by atoms with Crippen LogP contribution >= 0.6 is 0 Å². The van der Waals surface area contributed by atoms with Crippen LogP contribution in [0.5, 0.6) is 0 Å². The summed E-state index contributed by atoms with van der Waals surface area (Å²) in [6.07, 6.45) is 0. The van der Waals surface area contributed by atoms with E-state index in [1.165, 1.54) is 0 Å². The Hall–Kier alpha value is -1.33. The third-order valence-corrected chi connectivity index (χ3v) is 1.45. The molecule has 4 nitrogen and oxygen atoms in total. The van der Waals surface area contributed by atoms with Gasteiger partial charge in [0, 0.05) is 0 Å². The van der Waals surface area contributed by atoms with Gasteiger partial charge in [-0.1, -0.05) is 30.3 Å². The second kappa shape index (κ2) is 4.64. The maximum Gasteiger partial charge on any atom is 0.491 e. The lowest BCUT2D eigenvalue weighted by atomic mass is 9.80. The van der Waals surface area contributed by atoms with Crippen molar-refractivity contribution in [3.05, 3.63) is 30.3 Å². The Morgan fingerprint density at radius 1 is 1.38 bits per heavy atom. The first-order valence-corrected chi connectivity index (χ1v) is 3.76. The van der Waals surface area contributed by atoms with Gasteiger partial charge in [0.25, 0.3) is 0 Å². The van der Waals surface area contributed by atoms with E-state index in [1.807, 2.05) is 0 Å². The van der Waals surface area contributed by atoms with E-state index in [1.54, 1.807) is 30.3 Å². The Balaban J connectivity index is 2.49. The molecule has 0 unspecified atom stereocenters. The highest BCUT2D eigenvalue weighted by Gasteiger charge is 2.16. The standard InChI is InChI=1S/C8H9BO4/c10-8(11)6-13-9(12)7-4-2-1-3-5-7/h1-5,12H,6H2,(H,10,11). The normalized spacial score (nSPS) is 9.62. The lowest BCUT2D eigenvalue weighted by Gasteiger charge is -2.04. The van der Waals surface area contributed by atoms with Gasteiger partial charge in [-0.25, -0.2) is 4.79 Å². The monoisotopic (exact) mass is 180 g/mol. The minimum absolute atomic E-state index is 0.504. The first-order valence-electron chi connectivity index (χ1n) is 3.76. The summed E-state index contributed by atoms with van der Waals surface area (Å²) in [5.41, 5.74) is 0.545. The van der Waals surface area contributed by atoms with Crippen molar-refractivity contribution in [1.29, 1.82) is 0 Å². The molecule has 0 aliphatic carbocycles. The number of hydrogen-bond donors (Lipinski definition) is 2. The zero-order valence-corrected chi connectivity index (χ0v) is 6.88. The lowest BCUT2D eigenvalue weighted by molar-refractivity contribution is -0.139. The second-order valence-corrected chi connectivity index (χ2v) is 2.47. The number of hydrogen-bond acceptors (Lipinski definition) is 3. The van der Waals surface area contributed by atoms with Crippen LogP contribution < -0.4 is 5.46 Å². The molecule has 0 fully saturated rings. The van der Waals surface area contributed by atoms with Crippen molar-refractivity contribution in [2.24, 2.45) is 0 Å². The fourth-order valence-electron chi connectivity index (χ4n) is 0.864. The van der Waals surface area contributed by atoms with Crippen LogP contribution in [-0.4, -0.2) is 29.8 Å². The molecule has 0 bridgehead atoms. The summed E-state index contributed by atoms with van der Waals surface area (Å²) in [5.74, 6) is -1.10. The maximum atomic E-state index is 10.1. The molecule has 0 aliphatic heterocycles. The predicted molar refractivity (Wildman–Crippen MR) is 47.6 cm³/mol. The number of rotatable bonds is 4. The van der Waals surface area contributed by atoms with Gasteiger partial charge in [-0.3, -0.25) is 0 Å². The third-order valence-electron chi connectivity index (χ3n) is 1.45. The number of carbonyl (C=O) groups is 1. The Labute approximate surface area is 75.9 Å². The topological polar surface area (TPSA) is 66.8 Å². The van der Waals surface area contributed by atoms with E-state index in [2.05, 4.69) is 4.65 Å². The molecule has 0 heterocycles. The quantitative estimate of drug-likeness (QED) is 0.611.